The molecular formula is C21H33BrN4O. The lowest BCUT2D eigenvalue weighted by Gasteiger charge is -2.33. The normalized spacial score (nSPS) is 23.6. The summed E-state index contributed by atoms with van der Waals surface area (Å²) in [6.45, 7) is 5.55. The molecule has 2 aliphatic rings. The molecular weight excluding hydrogens is 404 g/mol. The molecule has 0 aliphatic carbocycles. The molecule has 150 valence electrons. The van der Waals surface area contributed by atoms with E-state index in [9.17, 15) is 0 Å². The predicted molar refractivity (Wildman–Crippen MR) is 114 cm³/mol. The van der Waals surface area contributed by atoms with Gasteiger partial charge in [-0.1, -0.05) is 15.9 Å². The van der Waals surface area contributed by atoms with Crippen LogP contribution in [0.15, 0.2) is 22.7 Å². The summed E-state index contributed by atoms with van der Waals surface area (Å²) in [6.07, 6.45) is 7.37. The maximum absolute atomic E-state index is 7.63. The van der Waals surface area contributed by atoms with Crippen molar-refractivity contribution in [3.63, 3.8) is 0 Å². The van der Waals surface area contributed by atoms with E-state index in [1.54, 1.807) is 7.11 Å². The molecule has 2 aliphatic heterocycles. The van der Waals surface area contributed by atoms with Crippen LogP contribution in [0, 0.1) is 17.2 Å². The number of likely N-dealkylation sites (tertiary alicyclic amines) is 2. The third-order valence-corrected chi connectivity index (χ3v) is 6.85. The zero-order valence-electron chi connectivity index (χ0n) is 16.4. The fourth-order valence-corrected chi connectivity index (χ4v) is 4.96. The molecule has 2 saturated heterocycles. The first-order valence-electron chi connectivity index (χ1n) is 10.2. The number of benzene rings is 1. The highest BCUT2D eigenvalue weighted by atomic mass is 79.9. The number of rotatable bonds is 7. The molecule has 2 fully saturated rings. The van der Waals surface area contributed by atoms with Crippen molar-refractivity contribution >= 4 is 21.9 Å². The lowest BCUT2D eigenvalue weighted by molar-refractivity contribution is 0.229. The molecule has 0 saturated carbocycles. The molecule has 0 amide bonds. The molecule has 2 unspecified atom stereocenters. The monoisotopic (exact) mass is 436 g/mol. The Morgan fingerprint density at radius 1 is 1.26 bits per heavy atom. The molecule has 5 nitrogen and oxygen atoms in total. The van der Waals surface area contributed by atoms with Gasteiger partial charge in [0.05, 0.1) is 7.11 Å². The molecule has 3 rings (SSSR count). The lowest BCUT2D eigenvalue weighted by Crippen LogP contribution is -2.43. The smallest absolute Gasteiger partial charge is 0.188 e. The van der Waals surface area contributed by atoms with Crippen LogP contribution in [0.1, 0.15) is 37.7 Å². The Balaban J connectivity index is 1.39. The first kappa shape index (κ1) is 20.5. The maximum atomic E-state index is 7.63. The average Bonchev–Trinajstić information content (AvgIpc) is 3.11. The second-order valence-corrected chi connectivity index (χ2v) is 8.95. The van der Waals surface area contributed by atoms with Gasteiger partial charge in [0.2, 0.25) is 0 Å². The number of guanidine groups is 1. The van der Waals surface area contributed by atoms with E-state index in [-0.39, 0.29) is 5.96 Å². The highest BCUT2D eigenvalue weighted by molar-refractivity contribution is 9.10. The van der Waals surface area contributed by atoms with E-state index in [2.05, 4.69) is 33.0 Å². The third kappa shape index (κ3) is 5.85. The van der Waals surface area contributed by atoms with E-state index in [0.717, 1.165) is 31.2 Å². The van der Waals surface area contributed by atoms with Crippen molar-refractivity contribution in [2.45, 2.75) is 38.5 Å². The summed E-state index contributed by atoms with van der Waals surface area (Å²) in [5, 5.41) is 7.63. The van der Waals surface area contributed by atoms with Crippen molar-refractivity contribution < 1.29 is 4.74 Å². The first-order chi connectivity index (χ1) is 13.0. The van der Waals surface area contributed by atoms with Gasteiger partial charge in [-0.15, -0.1) is 0 Å². The molecule has 1 aromatic carbocycles. The van der Waals surface area contributed by atoms with Gasteiger partial charge in [0.25, 0.3) is 0 Å². The summed E-state index contributed by atoms with van der Waals surface area (Å²) in [5.74, 6) is 2.62. The lowest BCUT2D eigenvalue weighted by atomic mass is 9.93. The largest absolute Gasteiger partial charge is 0.497 e. The van der Waals surface area contributed by atoms with Crippen LogP contribution in [0.3, 0.4) is 0 Å². The van der Waals surface area contributed by atoms with Crippen molar-refractivity contribution in [3.05, 3.63) is 28.2 Å². The van der Waals surface area contributed by atoms with Crippen molar-refractivity contribution in [2.24, 2.45) is 17.6 Å². The van der Waals surface area contributed by atoms with Crippen LogP contribution in [-0.4, -0.2) is 55.6 Å². The fraction of sp³-hybridized carbons (Fsp3) is 0.667. The topological polar surface area (TPSA) is 65.6 Å². The van der Waals surface area contributed by atoms with Gasteiger partial charge in [0, 0.05) is 24.1 Å². The Bertz CT molecular complexity index is 639. The molecule has 0 bridgehead atoms. The molecule has 0 aromatic heterocycles. The number of piperidine rings is 1. The predicted octanol–water partition coefficient (Wildman–Crippen LogP) is 3.71. The molecule has 0 radical (unpaired) electrons. The van der Waals surface area contributed by atoms with Crippen LogP contribution < -0.4 is 10.5 Å². The molecule has 6 heteroatoms. The van der Waals surface area contributed by atoms with Gasteiger partial charge in [-0.3, -0.25) is 5.41 Å². The molecule has 3 N–H and O–H groups in total. The summed E-state index contributed by atoms with van der Waals surface area (Å²) >= 11 is 3.69. The van der Waals surface area contributed by atoms with Crippen molar-refractivity contribution in [2.75, 3.05) is 39.8 Å². The van der Waals surface area contributed by atoms with Gasteiger partial charge in [-0.2, -0.15) is 0 Å². The summed E-state index contributed by atoms with van der Waals surface area (Å²) in [5.41, 5.74) is 7.01. The summed E-state index contributed by atoms with van der Waals surface area (Å²) < 4.78 is 6.56. The Hall–Kier alpha value is -1.27. The van der Waals surface area contributed by atoms with E-state index in [4.69, 9.17) is 15.9 Å². The Morgan fingerprint density at radius 3 is 2.89 bits per heavy atom. The number of nitrogens with two attached hydrogens (primary N) is 1. The van der Waals surface area contributed by atoms with Gasteiger partial charge < -0.3 is 20.3 Å². The number of hydrogen-bond donors (Lipinski definition) is 2. The highest BCUT2D eigenvalue weighted by Gasteiger charge is 2.24. The minimum atomic E-state index is 0.241. The maximum Gasteiger partial charge on any atom is 0.188 e. The van der Waals surface area contributed by atoms with Crippen LogP contribution >= 0.6 is 15.9 Å². The molecule has 27 heavy (non-hydrogen) atoms. The summed E-state index contributed by atoms with van der Waals surface area (Å²) in [6, 6.07) is 6.26. The van der Waals surface area contributed by atoms with Crippen LogP contribution in [0.2, 0.25) is 0 Å². The van der Waals surface area contributed by atoms with Crippen molar-refractivity contribution in [3.8, 4) is 5.75 Å². The zero-order valence-corrected chi connectivity index (χ0v) is 18.0. The van der Waals surface area contributed by atoms with Crippen LogP contribution in [0.4, 0.5) is 0 Å². The number of nitrogens with one attached hydrogen (secondary N) is 1. The van der Waals surface area contributed by atoms with Gasteiger partial charge >= 0.3 is 0 Å². The Morgan fingerprint density at radius 2 is 2.11 bits per heavy atom. The minimum absolute atomic E-state index is 0.241. The second-order valence-electron chi connectivity index (χ2n) is 8.10. The molecule has 2 atom stereocenters. The Kier molecular flexibility index (Phi) is 7.41. The minimum Gasteiger partial charge on any atom is -0.497 e. The van der Waals surface area contributed by atoms with Crippen LogP contribution in [0.5, 0.6) is 5.75 Å². The van der Waals surface area contributed by atoms with Crippen molar-refractivity contribution in [1.29, 1.82) is 5.41 Å². The average molecular weight is 437 g/mol. The van der Waals surface area contributed by atoms with Gasteiger partial charge in [-0.25, -0.2) is 0 Å². The number of methoxy groups -OCH3 is 1. The van der Waals surface area contributed by atoms with Crippen LogP contribution in [0.25, 0.3) is 0 Å². The summed E-state index contributed by atoms with van der Waals surface area (Å²) in [7, 11) is 1.73. The highest BCUT2D eigenvalue weighted by Crippen LogP contribution is 2.29. The van der Waals surface area contributed by atoms with Crippen LogP contribution in [-0.2, 0) is 6.42 Å². The van der Waals surface area contributed by atoms with E-state index in [1.165, 1.54) is 61.8 Å². The van der Waals surface area contributed by atoms with E-state index >= 15 is 0 Å². The first-order valence-corrected chi connectivity index (χ1v) is 11.0. The quantitative estimate of drug-likeness (QED) is 0.504. The van der Waals surface area contributed by atoms with E-state index in [0.29, 0.717) is 5.92 Å². The molecule has 2 heterocycles. The number of ether oxygens (including phenoxy) is 1. The molecule has 1 aromatic rings. The molecule has 0 spiro atoms. The van der Waals surface area contributed by atoms with Crippen molar-refractivity contribution in [1.82, 2.24) is 9.80 Å². The van der Waals surface area contributed by atoms with E-state index in [1.807, 2.05) is 11.0 Å². The second kappa shape index (κ2) is 9.78. The number of hydrogen-bond acceptors (Lipinski definition) is 3. The van der Waals surface area contributed by atoms with Gasteiger partial charge in [0.15, 0.2) is 5.96 Å². The van der Waals surface area contributed by atoms with E-state index < -0.39 is 0 Å². The van der Waals surface area contributed by atoms with Gasteiger partial charge in [-0.05, 0) is 87.2 Å². The Labute approximate surface area is 171 Å². The SMILES string of the molecule is COc1ccc(Br)c(CC2CCN(CCCC3CCCN(C(=N)N)C3)C2)c1. The fourth-order valence-electron chi connectivity index (χ4n) is 4.55. The summed E-state index contributed by atoms with van der Waals surface area (Å²) in [4.78, 5) is 4.66. The zero-order chi connectivity index (χ0) is 19.2. The van der Waals surface area contributed by atoms with Gasteiger partial charge in [0.1, 0.15) is 5.75 Å². The number of nitrogens with zero attached hydrogens (tertiary/aromatic N) is 2. The number of halogens is 1. The standard InChI is InChI=1S/C21H33BrN4O/c1-27-19-6-7-20(22)18(13-19)12-17-8-11-25(14-17)9-2-4-16-5-3-10-26(15-16)21(23)24/h6-7,13,16-17H,2-5,8-12,14-15H2,1H3,(H3,23,24). The third-order valence-electron chi connectivity index (χ3n) is 6.08.